The lowest BCUT2D eigenvalue weighted by atomic mass is 10.0. The van der Waals surface area contributed by atoms with Crippen LogP contribution in [0.15, 0.2) is 30.5 Å². The molecule has 2 rings (SSSR count). The molecule has 0 spiro atoms. The Kier molecular flexibility index (Phi) is 6.77. The summed E-state index contributed by atoms with van der Waals surface area (Å²) >= 11 is 0. The summed E-state index contributed by atoms with van der Waals surface area (Å²) in [5.74, 6) is 1.23. The van der Waals surface area contributed by atoms with Crippen molar-refractivity contribution in [3.05, 3.63) is 36.0 Å². The van der Waals surface area contributed by atoms with Crippen molar-refractivity contribution in [1.29, 1.82) is 0 Å². The Morgan fingerprint density at radius 3 is 2.81 bits per heavy atom. The molecule has 0 saturated heterocycles. The summed E-state index contributed by atoms with van der Waals surface area (Å²) in [6.07, 6.45) is 3.02. The van der Waals surface area contributed by atoms with E-state index in [0.29, 0.717) is 36.4 Å². The molecule has 0 fully saturated rings. The van der Waals surface area contributed by atoms with Crippen molar-refractivity contribution in [3.63, 3.8) is 0 Å². The summed E-state index contributed by atoms with van der Waals surface area (Å²) < 4.78 is 5.15. The molecule has 0 aliphatic carbocycles. The molecule has 26 heavy (non-hydrogen) atoms. The van der Waals surface area contributed by atoms with Crippen LogP contribution in [0.25, 0.3) is 0 Å². The quantitative estimate of drug-likeness (QED) is 0.754. The summed E-state index contributed by atoms with van der Waals surface area (Å²) in [7, 11) is 3.40. The number of methoxy groups -OCH3 is 1. The van der Waals surface area contributed by atoms with E-state index in [2.05, 4.69) is 29.1 Å². The largest absolute Gasteiger partial charge is 0.479 e. The van der Waals surface area contributed by atoms with Gasteiger partial charge in [0.05, 0.1) is 13.3 Å². The molecule has 1 amide bonds. The van der Waals surface area contributed by atoms with Crippen LogP contribution in [-0.4, -0.2) is 30.0 Å². The van der Waals surface area contributed by atoms with Gasteiger partial charge in [0.1, 0.15) is 5.69 Å². The lowest BCUT2D eigenvalue weighted by Gasteiger charge is -2.20. The van der Waals surface area contributed by atoms with E-state index in [1.165, 1.54) is 13.3 Å². The van der Waals surface area contributed by atoms with Gasteiger partial charge in [-0.05, 0) is 17.5 Å². The molecular formula is C19H27N5O2. The normalized spacial score (nSPS) is 11.7. The number of hydrogen-bond acceptors (Lipinski definition) is 6. The van der Waals surface area contributed by atoms with E-state index in [0.717, 1.165) is 17.7 Å². The van der Waals surface area contributed by atoms with Crippen LogP contribution in [0.4, 0.5) is 17.3 Å². The molecule has 0 aliphatic rings. The van der Waals surface area contributed by atoms with E-state index in [-0.39, 0.29) is 5.91 Å². The molecule has 0 saturated carbocycles. The number of hydrogen-bond donors (Lipinski definition) is 2. The molecule has 2 aromatic rings. The first-order valence-corrected chi connectivity index (χ1v) is 8.70. The number of aromatic nitrogens is 2. The number of nitrogens with zero attached hydrogens (tertiary/aromatic N) is 3. The van der Waals surface area contributed by atoms with Crippen molar-refractivity contribution >= 4 is 23.2 Å². The van der Waals surface area contributed by atoms with Gasteiger partial charge in [-0.1, -0.05) is 38.5 Å². The lowest BCUT2D eigenvalue weighted by Crippen LogP contribution is -2.22. The number of nitrogens with two attached hydrogens (primary N) is 1. The Bertz CT molecular complexity index is 750. The van der Waals surface area contributed by atoms with Crippen LogP contribution in [0.3, 0.4) is 0 Å². The third kappa shape index (κ3) is 5.08. The van der Waals surface area contributed by atoms with Gasteiger partial charge in [-0.15, -0.1) is 0 Å². The highest BCUT2D eigenvalue weighted by Crippen LogP contribution is 2.23. The minimum absolute atomic E-state index is 0.0276. The first-order chi connectivity index (χ1) is 12.4. The maximum atomic E-state index is 12.2. The van der Waals surface area contributed by atoms with E-state index >= 15 is 0 Å². The molecule has 1 aromatic heterocycles. The molecule has 1 unspecified atom stereocenters. The van der Waals surface area contributed by atoms with E-state index in [1.807, 2.05) is 36.2 Å². The summed E-state index contributed by atoms with van der Waals surface area (Å²) in [5, 5.41) is 3.01. The number of amides is 1. The minimum Gasteiger partial charge on any atom is -0.479 e. The Morgan fingerprint density at radius 1 is 1.38 bits per heavy atom. The second-order valence-corrected chi connectivity index (χ2v) is 6.41. The van der Waals surface area contributed by atoms with Gasteiger partial charge in [-0.2, -0.15) is 4.98 Å². The zero-order valence-corrected chi connectivity index (χ0v) is 15.8. The van der Waals surface area contributed by atoms with E-state index in [1.54, 1.807) is 0 Å². The molecule has 3 N–H and O–H groups in total. The van der Waals surface area contributed by atoms with E-state index in [4.69, 9.17) is 10.5 Å². The maximum absolute atomic E-state index is 12.2. The molecular weight excluding hydrogens is 330 g/mol. The van der Waals surface area contributed by atoms with Gasteiger partial charge in [0.25, 0.3) is 0 Å². The monoisotopic (exact) mass is 357 g/mol. The average molecular weight is 357 g/mol. The van der Waals surface area contributed by atoms with Crippen molar-refractivity contribution in [2.45, 2.75) is 33.2 Å². The zero-order chi connectivity index (χ0) is 19.1. The van der Waals surface area contributed by atoms with Gasteiger partial charge in [0, 0.05) is 25.7 Å². The van der Waals surface area contributed by atoms with Crippen molar-refractivity contribution < 1.29 is 9.53 Å². The summed E-state index contributed by atoms with van der Waals surface area (Å²) in [6.45, 7) is 4.69. The van der Waals surface area contributed by atoms with Crippen molar-refractivity contribution in [1.82, 2.24) is 9.97 Å². The van der Waals surface area contributed by atoms with Gasteiger partial charge < -0.3 is 20.7 Å². The van der Waals surface area contributed by atoms with Crippen molar-refractivity contribution in [2.75, 3.05) is 30.1 Å². The maximum Gasteiger partial charge on any atom is 0.241 e. The fourth-order valence-corrected chi connectivity index (χ4v) is 2.48. The predicted molar refractivity (Wildman–Crippen MR) is 104 cm³/mol. The summed E-state index contributed by atoms with van der Waals surface area (Å²) in [4.78, 5) is 22.7. The fraction of sp³-hybridized carbons (Fsp3) is 0.421. The molecule has 0 radical (unpaired) electrons. The summed E-state index contributed by atoms with van der Waals surface area (Å²) in [6, 6.07) is 7.73. The van der Waals surface area contributed by atoms with Crippen LogP contribution in [0.2, 0.25) is 0 Å². The second kappa shape index (κ2) is 9.03. The number of carbonyl (C=O) groups excluding carboxylic acids is 1. The molecule has 140 valence electrons. The molecule has 7 heteroatoms. The third-order valence-corrected chi connectivity index (χ3v) is 4.23. The van der Waals surface area contributed by atoms with Crippen molar-refractivity contribution in [3.8, 4) is 5.88 Å². The van der Waals surface area contributed by atoms with Crippen LogP contribution >= 0.6 is 0 Å². The van der Waals surface area contributed by atoms with Gasteiger partial charge in [-0.25, -0.2) is 4.98 Å². The highest BCUT2D eigenvalue weighted by atomic mass is 16.5. The standard InChI is InChI=1S/C19H27N5O2/c1-5-13(2)10-17(25)22-16-9-7-6-8-14(16)12-24(3)19-21-11-15(20)18(23-19)26-4/h6-9,11,13H,5,10,12,20H2,1-4H3,(H,22,25). The van der Waals surface area contributed by atoms with Crippen molar-refractivity contribution in [2.24, 2.45) is 5.92 Å². The topological polar surface area (TPSA) is 93.4 Å². The Hall–Kier alpha value is -2.83. The van der Waals surface area contributed by atoms with Crippen LogP contribution in [-0.2, 0) is 11.3 Å². The van der Waals surface area contributed by atoms with Crippen LogP contribution in [0, 0.1) is 5.92 Å². The third-order valence-electron chi connectivity index (χ3n) is 4.23. The molecule has 1 atom stereocenters. The average Bonchev–Trinajstić information content (AvgIpc) is 2.63. The Morgan fingerprint density at radius 2 is 2.12 bits per heavy atom. The van der Waals surface area contributed by atoms with Gasteiger partial charge in [0.15, 0.2) is 0 Å². The number of nitrogens with one attached hydrogen (secondary N) is 1. The highest BCUT2D eigenvalue weighted by Gasteiger charge is 2.13. The number of carbonyl (C=O) groups is 1. The van der Waals surface area contributed by atoms with Crippen LogP contribution in [0.1, 0.15) is 32.3 Å². The molecule has 1 aromatic carbocycles. The van der Waals surface area contributed by atoms with Crippen LogP contribution in [0.5, 0.6) is 5.88 Å². The molecule has 0 bridgehead atoms. The first kappa shape index (κ1) is 19.5. The number of rotatable bonds is 8. The first-order valence-electron chi connectivity index (χ1n) is 8.70. The SMILES string of the molecule is CCC(C)CC(=O)Nc1ccccc1CN(C)c1ncc(N)c(OC)n1. The number of nitrogen functional groups attached to an aromatic ring is 1. The van der Waals surface area contributed by atoms with Gasteiger partial charge in [-0.3, -0.25) is 4.79 Å². The van der Waals surface area contributed by atoms with Crippen LogP contribution < -0.4 is 20.7 Å². The smallest absolute Gasteiger partial charge is 0.241 e. The number of ether oxygens (including phenoxy) is 1. The summed E-state index contributed by atoms with van der Waals surface area (Å²) in [5.41, 5.74) is 7.94. The molecule has 0 aliphatic heterocycles. The Balaban J connectivity index is 2.13. The highest BCUT2D eigenvalue weighted by molar-refractivity contribution is 5.91. The number of para-hydroxylation sites is 1. The van der Waals surface area contributed by atoms with Gasteiger partial charge in [0.2, 0.25) is 17.7 Å². The molecule has 7 nitrogen and oxygen atoms in total. The Labute approximate surface area is 154 Å². The minimum atomic E-state index is 0.0276. The fourth-order valence-electron chi connectivity index (χ4n) is 2.48. The zero-order valence-electron chi connectivity index (χ0n) is 15.8. The lowest BCUT2D eigenvalue weighted by molar-refractivity contribution is -0.117. The second-order valence-electron chi connectivity index (χ2n) is 6.41. The van der Waals surface area contributed by atoms with Gasteiger partial charge >= 0.3 is 0 Å². The predicted octanol–water partition coefficient (Wildman–Crippen LogP) is 3.08. The number of anilines is 3. The number of benzene rings is 1. The van der Waals surface area contributed by atoms with E-state index in [9.17, 15) is 4.79 Å². The molecule has 1 heterocycles. The van der Waals surface area contributed by atoms with E-state index < -0.39 is 0 Å².